The van der Waals surface area contributed by atoms with Crippen molar-refractivity contribution in [3.63, 3.8) is 0 Å². The molecule has 1 fully saturated rings. The van der Waals surface area contributed by atoms with Crippen LogP contribution >= 0.6 is 0 Å². The van der Waals surface area contributed by atoms with E-state index in [1.54, 1.807) is 0 Å². The van der Waals surface area contributed by atoms with Gasteiger partial charge >= 0.3 is 0 Å². The van der Waals surface area contributed by atoms with Gasteiger partial charge in [-0.25, -0.2) is 0 Å². The molecule has 2 aliphatic rings. The fourth-order valence-electron chi connectivity index (χ4n) is 3.51. The van der Waals surface area contributed by atoms with Crippen molar-refractivity contribution in [1.82, 2.24) is 9.80 Å². The van der Waals surface area contributed by atoms with Gasteiger partial charge in [0.15, 0.2) is 0 Å². The quantitative estimate of drug-likeness (QED) is 0.676. The fraction of sp³-hybridized carbons (Fsp3) is 0.824. The van der Waals surface area contributed by atoms with Crippen LogP contribution in [0.5, 0.6) is 0 Å². The molecule has 0 unspecified atom stereocenters. The molecule has 0 aliphatic carbocycles. The van der Waals surface area contributed by atoms with Crippen LogP contribution in [-0.4, -0.2) is 48.4 Å². The van der Waals surface area contributed by atoms with Crippen molar-refractivity contribution in [3.8, 4) is 0 Å². The molecule has 0 saturated carbocycles. The maximum Gasteiger partial charge on any atom is 0.109 e. The Morgan fingerprint density at radius 3 is 2.10 bits per heavy atom. The van der Waals surface area contributed by atoms with E-state index in [0.29, 0.717) is 6.04 Å². The van der Waals surface area contributed by atoms with Crippen LogP contribution in [0.15, 0.2) is 16.3 Å². The highest BCUT2D eigenvalue weighted by atomic mass is 15.3. The Balaban J connectivity index is 2.52. The number of hydrogen-bond donors (Lipinski definition) is 0. The molecule has 0 radical (unpaired) electrons. The third-order valence-corrected chi connectivity index (χ3v) is 4.23. The summed E-state index contributed by atoms with van der Waals surface area (Å²) < 4.78 is 0. The highest BCUT2D eigenvalue weighted by molar-refractivity contribution is 5.90. The van der Waals surface area contributed by atoms with Gasteiger partial charge in [0.25, 0.3) is 0 Å². The summed E-state index contributed by atoms with van der Waals surface area (Å²) in [5, 5.41) is 0. The molecule has 1 saturated heterocycles. The predicted octanol–water partition coefficient (Wildman–Crippen LogP) is 3.38. The molecule has 3 heteroatoms. The first-order valence-electron chi connectivity index (χ1n) is 7.79. The SMILES string of the molecule is C[C@@H]1N=C(C(C)(C)C)N2CCN(C)CC2=C1C(C)(C)C. The van der Waals surface area contributed by atoms with Gasteiger partial charge in [0.05, 0.1) is 6.04 Å². The molecule has 0 amide bonds. The highest BCUT2D eigenvalue weighted by Gasteiger charge is 2.39. The Bertz CT molecular complexity index is 446. The van der Waals surface area contributed by atoms with E-state index in [2.05, 4.69) is 65.3 Å². The lowest BCUT2D eigenvalue weighted by Crippen LogP contribution is -2.53. The minimum atomic E-state index is 0.110. The number of rotatable bonds is 0. The van der Waals surface area contributed by atoms with E-state index in [0.717, 1.165) is 19.6 Å². The van der Waals surface area contributed by atoms with E-state index in [9.17, 15) is 0 Å². The lowest BCUT2D eigenvalue weighted by molar-refractivity contribution is 0.232. The van der Waals surface area contributed by atoms with E-state index in [-0.39, 0.29) is 10.8 Å². The maximum absolute atomic E-state index is 5.08. The molecule has 0 aromatic carbocycles. The van der Waals surface area contributed by atoms with Gasteiger partial charge in [0.2, 0.25) is 0 Å². The second-order valence-corrected chi connectivity index (χ2v) is 8.38. The summed E-state index contributed by atoms with van der Waals surface area (Å²) in [6, 6.07) is 0.293. The summed E-state index contributed by atoms with van der Waals surface area (Å²) in [6.45, 7) is 19.3. The first-order chi connectivity index (χ1) is 9.01. The smallest absolute Gasteiger partial charge is 0.109 e. The minimum absolute atomic E-state index is 0.110. The lowest BCUT2D eigenvalue weighted by atomic mass is 9.78. The van der Waals surface area contributed by atoms with E-state index >= 15 is 0 Å². The van der Waals surface area contributed by atoms with Crippen LogP contribution in [0.3, 0.4) is 0 Å². The first kappa shape index (κ1) is 15.6. The third kappa shape index (κ3) is 2.78. The molecule has 2 aliphatic heterocycles. The zero-order valence-corrected chi connectivity index (χ0v) is 14.5. The fourth-order valence-corrected chi connectivity index (χ4v) is 3.51. The Morgan fingerprint density at radius 2 is 1.60 bits per heavy atom. The van der Waals surface area contributed by atoms with Crippen molar-refractivity contribution in [1.29, 1.82) is 0 Å². The van der Waals surface area contributed by atoms with Gasteiger partial charge in [0, 0.05) is 30.7 Å². The molecule has 20 heavy (non-hydrogen) atoms. The molecule has 3 nitrogen and oxygen atoms in total. The number of amidine groups is 1. The van der Waals surface area contributed by atoms with Gasteiger partial charge in [-0.3, -0.25) is 9.89 Å². The number of nitrogens with zero attached hydrogens (tertiary/aromatic N) is 3. The van der Waals surface area contributed by atoms with Gasteiger partial charge in [0.1, 0.15) is 5.84 Å². The van der Waals surface area contributed by atoms with Crippen LogP contribution < -0.4 is 0 Å². The third-order valence-electron chi connectivity index (χ3n) is 4.23. The number of likely N-dealkylation sites (N-methyl/N-ethyl adjacent to an activating group) is 1. The Labute approximate surface area is 124 Å². The number of piperazine rings is 1. The Hall–Kier alpha value is -0.830. The molecule has 0 bridgehead atoms. The normalized spacial score (nSPS) is 25.7. The summed E-state index contributed by atoms with van der Waals surface area (Å²) in [4.78, 5) is 10.0. The van der Waals surface area contributed by atoms with Crippen LogP contribution in [0.2, 0.25) is 0 Å². The number of aliphatic imine (C=N–C) groups is 1. The summed E-state index contributed by atoms with van der Waals surface area (Å²) in [6.07, 6.45) is 0. The van der Waals surface area contributed by atoms with Crippen LogP contribution in [0.1, 0.15) is 48.5 Å². The van der Waals surface area contributed by atoms with Gasteiger partial charge in [-0.1, -0.05) is 41.5 Å². The Morgan fingerprint density at radius 1 is 1.00 bits per heavy atom. The van der Waals surface area contributed by atoms with Crippen molar-refractivity contribution >= 4 is 5.84 Å². The van der Waals surface area contributed by atoms with Crippen LogP contribution in [0.25, 0.3) is 0 Å². The molecular formula is C17H31N3. The minimum Gasteiger partial charge on any atom is -0.331 e. The molecule has 0 aromatic rings. The molecule has 0 spiro atoms. The van der Waals surface area contributed by atoms with Crippen molar-refractivity contribution in [2.45, 2.75) is 54.5 Å². The summed E-state index contributed by atoms with van der Waals surface area (Å²) in [5.41, 5.74) is 3.30. The monoisotopic (exact) mass is 277 g/mol. The molecule has 114 valence electrons. The van der Waals surface area contributed by atoms with E-state index in [1.807, 2.05) is 0 Å². The van der Waals surface area contributed by atoms with E-state index in [1.165, 1.54) is 17.1 Å². The lowest BCUT2D eigenvalue weighted by Gasteiger charge is -2.47. The standard InChI is InChI=1S/C17H31N3/c1-12-14(16(2,3)4)13-11-19(8)9-10-20(13)15(18-12)17(5,6)7/h12H,9-11H2,1-8H3/t12-/m0/s1. The maximum atomic E-state index is 5.08. The first-order valence-corrected chi connectivity index (χ1v) is 7.79. The van der Waals surface area contributed by atoms with Crippen molar-refractivity contribution in [2.24, 2.45) is 15.8 Å². The average molecular weight is 277 g/mol. The molecule has 0 N–H and O–H groups in total. The van der Waals surface area contributed by atoms with Gasteiger partial charge in [-0.15, -0.1) is 0 Å². The molecule has 2 rings (SSSR count). The summed E-state index contributed by atoms with van der Waals surface area (Å²) in [5.74, 6) is 1.26. The van der Waals surface area contributed by atoms with Gasteiger partial charge < -0.3 is 4.90 Å². The average Bonchev–Trinajstić information content (AvgIpc) is 2.23. The summed E-state index contributed by atoms with van der Waals surface area (Å²) in [7, 11) is 2.22. The van der Waals surface area contributed by atoms with E-state index in [4.69, 9.17) is 4.99 Å². The number of fused-ring (bicyclic) bond motifs is 1. The molecular weight excluding hydrogens is 246 g/mol. The van der Waals surface area contributed by atoms with E-state index < -0.39 is 0 Å². The molecule has 2 heterocycles. The number of hydrogen-bond acceptors (Lipinski definition) is 3. The topological polar surface area (TPSA) is 18.8 Å². The molecule has 1 atom stereocenters. The van der Waals surface area contributed by atoms with Gasteiger partial charge in [-0.2, -0.15) is 0 Å². The largest absolute Gasteiger partial charge is 0.331 e. The zero-order valence-electron chi connectivity index (χ0n) is 14.5. The zero-order chi connectivity index (χ0) is 15.3. The van der Waals surface area contributed by atoms with Crippen molar-refractivity contribution in [2.75, 3.05) is 26.7 Å². The highest BCUT2D eigenvalue weighted by Crippen LogP contribution is 2.39. The second kappa shape index (κ2) is 4.87. The second-order valence-electron chi connectivity index (χ2n) is 8.38. The van der Waals surface area contributed by atoms with Crippen molar-refractivity contribution in [3.05, 3.63) is 11.3 Å². The predicted molar refractivity (Wildman–Crippen MR) is 87.0 cm³/mol. The van der Waals surface area contributed by atoms with Crippen LogP contribution in [-0.2, 0) is 0 Å². The van der Waals surface area contributed by atoms with Crippen molar-refractivity contribution < 1.29 is 0 Å². The summed E-state index contributed by atoms with van der Waals surface area (Å²) >= 11 is 0. The van der Waals surface area contributed by atoms with Crippen LogP contribution in [0, 0.1) is 10.8 Å². The van der Waals surface area contributed by atoms with Gasteiger partial charge in [-0.05, 0) is 25.0 Å². The Kier molecular flexibility index (Phi) is 3.79. The molecule has 0 aromatic heterocycles. The van der Waals surface area contributed by atoms with Crippen LogP contribution in [0.4, 0.5) is 0 Å².